The van der Waals surface area contributed by atoms with Crippen molar-refractivity contribution in [1.82, 2.24) is 14.9 Å². The smallest absolute Gasteiger partial charge is 0.355 e. The average Bonchev–Trinajstić information content (AvgIpc) is 3.35. The number of nitrogens with one attached hydrogen (secondary N) is 1. The van der Waals surface area contributed by atoms with E-state index in [-0.39, 0.29) is 33.9 Å². The van der Waals surface area contributed by atoms with Crippen molar-refractivity contribution in [3.05, 3.63) is 58.9 Å². The van der Waals surface area contributed by atoms with E-state index in [1.807, 2.05) is 20.8 Å². The van der Waals surface area contributed by atoms with E-state index < -0.39 is 29.6 Å². The molecule has 0 spiro atoms. The van der Waals surface area contributed by atoms with Gasteiger partial charge in [-0.2, -0.15) is 31.4 Å². The minimum absolute atomic E-state index is 0.0103. The highest BCUT2D eigenvalue weighted by atomic mass is 19.4. The quantitative estimate of drug-likeness (QED) is 0.346. The molecular weight excluding hydrogens is 481 g/mol. The molecule has 2 heterocycles. The summed E-state index contributed by atoms with van der Waals surface area (Å²) in [5, 5.41) is 9.51. The summed E-state index contributed by atoms with van der Waals surface area (Å²) in [5.74, 6) is -2.17. The molecule has 0 unspecified atom stereocenters. The molecule has 0 bridgehead atoms. The van der Waals surface area contributed by atoms with Gasteiger partial charge in [-0.15, -0.1) is 0 Å². The lowest BCUT2D eigenvalue weighted by atomic mass is 10.1. The van der Waals surface area contributed by atoms with Crippen LogP contribution in [0.1, 0.15) is 56.3 Å². The van der Waals surface area contributed by atoms with Gasteiger partial charge in [0.05, 0.1) is 17.0 Å². The summed E-state index contributed by atoms with van der Waals surface area (Å²) in [6.45, 7) is 7.18. The zero-order valence-corrected chi connectivity index (χ0v) is 19.7. The Labute approximate surface area is 197 Å². The van der Waals surface area contributed by atoms with E-state index in [9.17, 15) is 30.7 Å². The standard InChI is InChI=1S/C21H19F7N4O.C2H6/c1-4-5-6-15(18-11(2)31-33-19(18)21(26,27)28)29-12-7-8-13(14(22)9-12)16-10-17(20(23,24)25)30-32(16)3;1-2/h6-10,29H,4-5H2,1-3H3;1-2H3/b15-6-;. The van der Waals surface area contributed by atoms with Crippen LogP contribution in [0.3, 0.4) is 0 Å². The Morgan fingerprint density at radius 2 is 1.74 bits per heavy atom. The number of alkyl halides is 6. The number of hydrogen-bond acceptors (Lipinski definition) is 4. The number of halogens is 7. The third kappa shape index (κ3) is 6.43. The first-order valence-corrected chi connectivity index (χ1v) is 10.7. The maximum atomic E-state index is 14.8. The average molecular weight is 506 g/mol. The molecule has 0 radical (unpaired) electrons. The molecule has 0 fully saturated rings. The van der Waals surface area contributed by atoms with E-state index in [1.54, 1.807) is 0 Å². The van der Waals surface area contributed by atoms with Crippen molar-refractivity contribution in [2.24, 2.45) is 7.05 Å². The van der Waals surface area contributed by atoms with Crippen LogP contribution in [0.15, 0.2) is 34.9 Å². The first-order chi connectivity index (χ1) is 16.3. The molecule has 0 aliphatic heterocycles. The van der Waals surface area contributed by atoms with E-state index in [4.69, 9.17) is 0 Å². The molecule has 0 aliphatic rings. The van der Waals surface area contributed by atoms with Gasteiger partial charge in [-0.3, -0.25) is 4.68 Å². The van der Waals surface area contributed by atoms with Gasteiger partial charge in [-0.05, 0) is 37.6 Å². The number of aromatic nitrogens is 3. The summed E-state index contributed by atoms with van der Waals surface area (Å²) in [6.07, 6.45) is -6.93. The van der Waals surface area contributed by atoms with Crippen LogP contribution in [0.25, 0.3) is 17.0 Å². The summed E-state index contributed by atoms with van der Waals surface area (Å²) < 4.78 is 99.1. The Hall–Kier alpha value is -3.31. The number of aryl methyl sites for hydroxylation is 2. The van der Waals surface area contributed by atoms with E-state index in [1.165, 1.54) is 32.2 Å². The highest BCUT2D eigenvalue weighted by Crippen LogP contribution is 2.38. The number of rotatable bonds is 6. The second-order valence-corrected chi connectivity index (χ2v) is 7.23. The molecule has 0 saturated heterocycles. The predicted molar refractivity (Wildman–Crippen MR) is 118 cm³/mol. The topological polar surface area (TPSA) is 55.9 Å². The van der Waals surface area contributed by atoms with Gasteiger partial charge in [-0.1, -0.05) is 38.4 Å². The molecule has 3 rings (SSSR count). The van der Waals surface area contributed by atoms with Crippen molar-refractivity contribution >= 4 is 11.4 Å². The van der Waals surface area contributed by atoms with Crippen LogP contribution < -0.4 is 5.32 Å². The highest BCUT2D eigenvalue weighted by Gasteiger charge is 2.41. The second-order valence-electron chi connectivity index (χ2n) is 7.23. The summed E-state index contributed by atoms with van der Waals surface area (Å²) in [6, 6.07) is 4.26. The van der Waals surface area contributed by atoms with Crippen molar-refractivity contribution in [3.63, 3.8) is 0 Å². The lowest BCUT2D eigenvalue weighted by molar-refractivity contribution is -0.155. The van der Waals surface area contributed by atoms with Gasteiger partial charge in [0.25, 0.3) is 0 Å². The molecule has 35 heavy (non-hydrogen) atoms. The maximum Gasteiger partial charge on any atom is 0.453 e. The Balaban J connectivity index is 0.00000210. The van der Waals surface area contributed by atoms with Crippen molar-refractivity contribution in [3.8, 4) is 11.3 Å². The first kappa shape index (κ1) is 27.9. The number of unbranched alkanes of at least 4 members (excludes halogenated alkanes) is 1. The number of allylic oxidation sites excluding steroid dienone is 1. The molecule has 1 aromatic carbocycles. The van der Waals surface area contributed by atoms with E-state index in [2.05, 4.69) is 20.1 Å². The van der Waals surface area contributed by atoms with Gasteiger partial charge in [0.1, 0.15) is 5.82 Å². The lowest BCUT2D eigenvalue weighted by Gasteiger charge is -2.14. The van der Waals surface area contributed by atoms with Crippen molar-refractivity contribution < 1.29 is 35.3 Å². The minimum atomic E-state index is -4.80. The summed E-state index contributed by atoms with van der Waals surface area (Å²) in [7, 11) is 1.25. The van der Waals surface area contributed by atoms with Gasteiger partial charge in [0.15, 0.2) is 5.69 Å². The maximum absolute atomic E-state index is 14.8. The fraction of sp³-hybridized carbons (Fsp3) is 0.391. The molecule has 12 heteroatoms. The lowest BCUT2D eigenvalue weighted by Crippen LogP contribution is -2.10. The van der Waals surface area contributed by atoms with E-state index in [0.717, 1.165) is 10.7 Å². The number of benzene rings is 1. The molecule has 0 saturated carbocycles. The van der Waals surface area contributed by atoms with Crippen LogP contribution in [0.2, 0.25) is 0 Å². The van der Waals surface area contributed by atoms with Crippen LogP contribution in [-0.2, 0) is 19.4 Å². The minimum Gasteiger partial charge on any atom is -0.355 e. The van der Waals surface area contributed by atoms with Crippen molar-refractivity contribution in [1.29, 1.82) is 0 Å². The van der Waals surface area contributed by atoms with Gasteiger partial charge < -0.3 is 9.84 Å². The Bertz CT molecular complexity index is 1170. The Kier molecular flexibility index (Phi) is 8.74. The fourth-order valence-electron chi connectivity index (χ4n) is 3.20. The second kappa shape index (κ2) is 11.0. The number of hydrogen-bond donors (Lipinski definition) is 1. The molecule has 5 nitrogen and oxygen atoms in total. The Morgan fingerprint density at radius 3 is 2.26 bits per heavy atom. The zero-order valence-electron chi connectivity index (χ0n) is 19.7. The monoisotopic (exact) mass is 506 g/mol. The van der Waals surface area contributed by atoms with Crippen molar-refractivity contribution in [2.45, 2.75) is 52.9 Å². The van der Waals surface area contributed by atoms with Gasteiger partial charge in [0, 0.05) is 24.0 Å². The zero-order chi connectivity index (χ0) is 26.6. The van der Waals surface area contributed by atoms with Crippen LogP contribution in [0, 0.1) is 12.7 Å². The highest BCUT2D eigenvalue weighted by molar-refractivity contribution is 5.80. The predicted octanol–water partition coefficient (Wildman–Crippen LogP) is 7.84. The van der Waals surface area contributed by atoms with Gasteiger partial charge in [0.2, 0.25) is 5.76 Å². The number of anilines is 1. The molecule has 2 aromatic heterocycles. The first-order valence-electron chi connectivity index (χ1n) is 10.7. The molecular formula is C23H25F7N4O. The van der Waals surface area contributed by atoms with E-state index in [0.29, 0.717) is 18.9 Å². The Morgan fingerprint density at radius 1 is 1.09 bits per heavy atom. The van der Waals surface area contributed by atoms with E-state index >= 15 is 0 Å². The van der Waals surface area contributed by atoms with Gasteiger partial charge in [-0.25, -0.2) is 4.39 Å². The van der Waals surface area contributed by atoms with Crippen LogP contribution in [0.4, 0.5) is 36.4 Å². The normalized spacial score (nSPS) is 12.4. The van der Waals surface area contributed by atoms with Gasteiger partial charge >= 0.3 is 12.4 Å². The fourth-order valence-corrected chi connectivity index (χ4v) is 3.20. The number of nitrogens with zero attached hydrogens (tertiary/aromatic N) is 3. The third-order valence-electron chi connectivity index (χ3n) is 4.72. The molecule has 192 valence electrons. The largest absolute Gasteiger partial charge is 0.453 e. The van der Waals surface area contributed by atoms with Crippen LogP contribution in [0.5, 0.6) is 0 Å². The van der Waals surface area contributed by atoms with Crippen LogP contribution >= 0.6 is 0 Å². The van der Waals surface area contributed by atoms with Crippen LogP contribution in [-0.4, -0.2) is 14.9 Å². The molecule has 0 atom stereocenters. The molecule has 0 amide bonds. The summed E-state index contributed by atoms with van der Waals surface area (Å²) in [5.41, 5.74) is -1.63. The molecule has 0 aliphatic carbocycles. The molecule has 3 aromatic rings. The third-order valence-corrected chi connectivity index (χ3v) is 4.72. The SMILES string of the molecule is CC.CCC/C=C(\Nc1ccc(-c2cc(C(F)(F)F)nn2C)c(F)c1)c1c(C)noc1C(F)(F)F. The summed E-state index contributed by atoms with van der Waals surface area (Å²) >= 11 is 0. The summed E-state index contributed by atoms with van der Waals surface area (Å²) in [4.78, 5) is 0. The molecule has 1 N–H and O–H groups in total. The van der Waals surface area contributed by atoms with Crippen molar-refractivity contribution in [2.75, 3.05) is 5.32 Å².